The van der Waals surface area contributed by atoms with Crippen molar-refractivity contribution in [1.82, 2.24) is 13.6 Å². The molecule has 5 nitrogen and oxygen atoms in total. The summed E-state index contributed by atoms with van der Waals surface area (Å²) in [5.74, 6) is 7.62. The van der Waals surface area contributed by atoms with Crippen LogP contribution in [0.5, 0.6) is 11.8 Å². The zero-order chi connectivity index (χ0) is 15.5. The van der Waals surface area contributed by atoms with Gasteiger partial charge in [-0.3, -0.25) is 4.90 Å². The number of aromatic nitrogens is 2. The van der Waals surface area contributed by atoms with Crippen LogP contribution in [-0.4, -0.2) is 46.0 Å². The Balaban J connectivity index is 1.34. The summed E-state index contributed by atoms with van der Waals surface area (Å²) in [6.07, 6.45) is 1.42. The molecule has 2 bridgehead atoms. The number of hydrogen-bond acceptors (Lipinski definition) is 6. The van der Waals surface area contributed by atoms with Gasteiger partial charge in [-0.2, -0.15) is 0 Å². The molecule has 2 aliphatic rings. The predicted molar refractivity (Wildman–Crippen MR) is 87.7 cm³/mol. The highest BCUT2D eigenvalue weighted by atomic mass is 32.1. The first-order valence-corrected chi connectivity index (χ1v) is 8.50. The zero-order valence-electron chi connectivity index (χ0n) is 12.6. The molecule has 118 valence electrons. The molecule has 23 heavy (non-hydrogen) atoms. The Hall–Kier alpha value is -2.10. The lowest BCUT2D eigenvalue weighted by atomic mass is 10.0. The molecule has 1 aromatic carbocycles. The van der Waals surface area contributed by atoms with E-state index in [-0.39, 0.29) is 12.7 Å². The topological polar surface area (TPSA) is 47.5 Å². The van der Waals surface area contributed by atoms with Gasteiger partial charge in [0.2, 0.25) is 0 Å². The number of nitrogens with zero attached hydrogens (tertiary/aromatic N) is 3. The van der Waals surface area contributed by atoms with Crippen LogP contribution in [0.3, 0.4) is 0 Å². The summed E-state index contributed by atoms with van der Waals surface area (Å²) in [7, 11) is 0. The van der Waals surface area contributed by atoms with Gasteiger partial charge < -0.3 is 9.47 Å². The van der Waals surface area contributed by atoms with Gasteiger partial charge in [0, 0.05) is 24.6 Å². The van der Waals surface area contributed by atoms with E-state index in [2.05, 4.69) is 25.5 Å². The Labute approximate surface area is 139 Å². The van der Waals surface area contributed by atoms with Gasteiger partial charge in [0.15, 0.2) is 6.61 Å². The number of hydrogen-bond donors (Lipinski definition) is 0. The zero-order valence-corrected chi connectivity index (χ0v) is 13.5. The molecule has 0 saturated carbocycles. The van der Waals surface area contributed by atoms with Crippen LogP contribution in [0, 0.1) is 17.8 Å². The second-order valence-corrected chi connectivity index (χ2v) is 6.32. The Bertz CT molecular complexity index is 722. The number of piperidine rings is 1. The van der Waals surface area contributed by atoms with E-state index in [9.17, 15) is 0 Å². The highest BCUT2D eigenvalue weighted by Crippen LogP contribution is 2.33. The lowest BCUT2D eigenvalue weighted by Crippen LogP contribution is -2.32. The molecule has 0 aliphatic carbocycles. The fourth-order valence-corrected chi connectivity index (χ4v) is 3.55. The van der Waals surface area contributed by atoms with E-state index in [1.807, 2.05) is 30.3 Å². The van der Waals surface area contributed by atoms with Crippen LogP contribution < -0.4 is 9.47 Å². The van der Waals surface area contributed by atoms with Gasteiger partial charge in [-0.15, -0.1) is 8.75 Å². The molecule has 2 fully saturated rings. The molecule has 2 aliphatic heterocycles. The molecule has 0 spiro atoms. The Morgan fingerprint density at radius 2 is 2.04 bits per heavy atom. The molecule has 4 rings (SSSR count). The average molecular weight is 327 g/mol. The van der Waals surface area contributed by atoms with Gasteiger partial charge >= 0.3 is 0 Å². The molecule has 0 radical (unpaired) electrons. The molecule has 0 amide bonds. The molecule has 6 heteroatoms. The summed E-state index contributed by atoms with van der Waals surface area (Å²) in [6.45, 7) is 3.59. The fraction of sp³-hybridized carbons (Fsp3) is 0.412. The van der Waals surface area contributed by atoms with E-state index >= 15 is 0 Å². The van der Waals surface area contributed by atoms with Gasteiger partial charge in [0.05, 0.1) is 11.7 Å². The fourth-order valence-electron chi connectivity index (χ4n) is 3.11. The van der Waals surface area contributed by atoms with E-state index in [4.69, 9.17) is 9.47 Å². The minimum absolute atomic E-state index is 0.213. The highest BCUT2D eigenvalue weighted by Gasteiger charge is 2.40. The minimum Gasteiger partial charge on any atom is -0.468 e. The van der Waals surface area contributed by atoms with Crippen LogP contribution in [0.1, 0.15) is 12.0 Å². The van der Waals surface area contributed by atoms with E-state index < -0.39 is 0 Å². The van der Waals surface area contributed by atoms with Crippen molar-refractivity contribution in [2.24, 2.45) is 5.92 Å². The molecule has 2 aromatic rings. The maximum absolute atomic E-state index is 6.02. The SMILES string of the molecule is C(#Cc1ccccc1)COc1nsnc1OC1CN2CCC1C2. The summed E-state index contributed by atoms with van der Waals surface area (Å²) < 4.78 is 20.0. The predicted octanol–water partition coefficient (Wildman–Crippen LogP) is 2.05. The summed E-state index contributed by atoms with van der Waals surface area (Å²) in [6, 6.07) is 9.84. The molecule has 1 aromatic heterocycles. The summed E-state index contributed by atoms with van der Waals surface area (Å²) >= 11 is 1.11. The van der Waals surface area contributed by atoms with E-state index in [0.29, 0.717) is 17.7 Å². The van der Waals surface area contributed by atoms with Gasteiger partial charge in [-0.05, 0) is 25.1 Å². The van der Waals surface area contributed by atoms with Crippen LogP contribution in [0.4, 0.5) is 0 Å². The summed E-state index contributed by atoms with van der Waals surface area (Å²) in [4.78, 5) is 2.43. The summed E-state index contributed by atoms with van der Waals surface area (Å²) in [5.41, 5.74) is 0.972. The molecule has 3 atom stereocenters. The highest BCUT2D eigenvalue weighted by molar-refractivity contribution is 6.99. The molecule has 2 saturated heterocycles. The molecular formula is C17H17N3O2S. The first-order valence-electron chi connectivity index (χ1n) is 7.77. The van der Waals surface area contributed by atoms with E-state index in [0.717, 1.165) is 30.4 Å². The second kappa shape index (κ2) is 6.57. The van der Waals surface area contributed by atoms with Crippen LogP contribution in [-0.2, 0) is 0 Å². The minimum atomic E-state index is 0.213. The number of rotatable bonds is 4. The van der Waals surface area contributed by atoms with Crippen molar-refractivity contribution in [3.05, 3.63) is 35.9 Å². The average Bonchev–Trinajstić information content (AvgIpc) is 3.30. The lowest BCUT2D eigenvalue weighted by molar-refractivity contribution is 0.131. The normalized spacial score (nSPS) is 25.0. The maximum Gasteiger partial charge on any atom is 0.292 e. The van der Waals surface area contributed by atoms with Crippen molar-refractivity contribution in [3.8, 4) is 23.6 Å². The van der Waals surface area contributed by atoms with Crippen molar-refractivity contribution >= 4 is 11.7 Å². The van der Waals surface area contributed by atoms with Crippen molar-refractivity contribution in [2.75, 3.05) is 26.2 Å². The number of fused-ring (bicyclic) bond motifs is 2. The molecule has 0 N–H and O–H groups in total. The molecule has 3 heterocycles. The Kier molecular flexibility index (Phi) is 4.14. The Morgan fingerprint density at radius 1 is 1.17 bits per heavy atom. The van der Waals surface area contributed by atoms with Crippen LogP contribution in [0.15, 0.2) is 30.3 Å². The van der Waals surface area contributed by atoms with Crippen molar-refractivity contribution in [2.45, 2.75) is 12.5 Å². The van der Waals surface area contributed by atoms with Crippen molar-refractivity contribution in [3.63, 3.8) is 0 Å². The molecule has 3 unspecified atom stereocenters. The van der Waals surface area contributed by atoms with Crippen LogP contribution >= 0.6 is 11.7 Å². The molecular weight excluding hydrogens is 310 g/mol. The van der Waals surface area contributed by atoms with Crippen LogP contribution in [0.2, 0.25) is 0 Å². The first-order chi connectivity index (χ1) is 11.4. The van der Waals surface area contributed by atoms with Crippen molar-refractivity contribution < 1.29 is 9.47 Å². The van der Waals surface area contributed by atoms with E-state index in [1.165, 1.54) is 13.0 Å². The third kappa shape index (κ3) is 3.31. The number of ether oxygens (including phenoxy) is 2. The second-order valence-electron chi connectivity index (χ2n) is 5.80. The third-order valence-corrected chi connectivity index (χ3v) is 4.75. The van der Waals surface area contributed by atoms with Gasteiger partial charge in [-0.1, -0.05) is 30.0 Å². The van der Waals surface area contributed by atoms with E-state index in [1.54, 1.807) is 0 Å². The Morgan fingerprint density at radius 3 is 2.83 bits per heavy atom. The van der Waals surface area contributed by atoms with Gasteiger partial charge in [0.1, 0.15) is 6.10 Å². The summed E-state index contributed by atoms with van der Waals surface area (Å²) in [5, 5.41) is 0. The van der Waals surface area contributed by atoms with Crippen molar-refractivity contribution in [1.29, 1.82) is 0 Å². The largest absolute Gasteiger partial charge is 0.468 e. The monoisotopic (exact) mass is 327 g/mol. The van der Waals surface area contributed by atoms with Crippen LogP contribution in [0.25, 0.3) is 0 Å². The third-order valence-electron chi connectivity index (χ3n) is 4.25. The quantitative estimate of drug-likeness (QED) is 0.805. The van der Waals surface area contributed by atoms with Gasteiger partial charge in [0.25, 0.3) is 11.8 Å². The standard InChI is InChI=1S/C17H17N3O2S/c1-2-5-13(6-3-1)7-4-10-21-16-17(19-23-18-16)22-15-12-20-9-8-14(15)11-20/h1-3,5-6,14-15H,8-12H2. The number of benzene rings is 1. The first kappa shape index (κ1) is 14.5. The van der Waals surface area contributed by atoms with Gasteiger partial charge in [-0.25, -0.2) is 0 Å². The maximum atomic E-state index is 6.02. The lowest BCUT2D eigenvalue weighted by Gasteiger charge is -2.22. The smallest absolute Gasteiger partial charge is 0.292 e.